The summed E-state index contributed by atoms with van der Waals surface area (Å²) in [7, 11) is -2.26. The number of hydrogen-bond donors (Lipinski definition) is 3. The summed E-state index contributed by atoms with van der Waals surface area (Å²) in [5.41, 5.74) is -0.552. The third-order valence-corrected chi connectivity index (χ3v) is 6.90. The average Bonchev–Trinajstić information content (AvgIpc) is 2.79. The zero-order chi connectivity index (χ0) is 23.6. The zero-order valence-electron chi connectivity index (χ0n) is 17.4. The lowest BCUT2D eigenvalue weighted by Crippen LogP contribution is -2.37. The first-order chi connectivity index (χ1) is 15.1. The van der Waals surface area contributed by atoms with Crippen LogP contribution in [0.2, 0.25) is 5.02 Å². The quantitative estimate of drug-likeness (QED) is 0.311. The second kappa shape index (κ2) is 9.25. The smallest absolute Gasteiger partial charge is 0.269 e. The van der Waals surface area contributed by atoms with E-state index in [2.05, 4.69) is 15.6 Å². The lowest BCUT2D eigenvalue weighted by Gasteiger charge is -2.23. The van der Waals surface area contributed by atoms with Gasteiger partial charge >= 0.3 is 0 Å². The number of methoxy groups -OCH3 is 1. The Bertz CT molecular complexity index is 1300. The van der Waals surface area contributed by atoms with Gasteiger partial charge in [-0.15, -0.1) is 0 Å². The molecular formula is C20H21ClN4O6S. The molecule has 10 nitrogen and oxygen atoms in total. The van der Waals surface area contributed by atoms with Gasteiger partial charge in [0.05, 0.1) is 23.9 Å². The fourth-order valence-electron chi connectivity index (χ4n) is 3.17. The highest BCUT2D eigenvalue weighted by molar-refractivity contribution is 7.89. The van der Waals surface area contributed by atoms with Gasteiger partial charge in [0.25, 0.3) is 20.9 Å². The number of aromatic nitrogens is 1. The predicted molar refractivity (Wildman–Crippen MR) is 120 cm³/mol. The lowest BCUT2D eigenvalue weighted by atomic mass is 10.0. The molecule has 170 valence electrons. The van der Waals surface area contributed by atoms with Crippen molar-refractivity contribution >= 4 is 38.7 Å². The number of benzene rings is 1. The summed E-state index contributed by atoms with van der Waals surface area (Å²) in [4.78, 5) is 28.1. The number of sulfonamides is 1. The zero-order valence-corrected chi connectivity index (χ0v) is 19.0. The van der Waals surface area contributed by atoms with Crippen molar-refractivity contribution in [3.8, 4) is 5.75 Å². The van der Waals surface area contributed by atoms with E-state index in [4.69, 9.17) is 16.3 Å². The standard InChI is InChI=1S/C20H21ClN4O6S/c1-4-13(11-6-5-9-22-10-11)23-15-16(18(27)17(15)26)24-14-8-7-12(21)20(19(14)31-3)32(29,30)25(2)28/h5-10,13,23-24,28H,4H2,1-3H3. The topological polar surface area (TPSA) is 138 Å². The molecule has 0 saturated carbocycles. The van der Waals surface area contributed by atoms with Crippen molar-refractivity contribution in [1.29, 1.82) is 0 Å². The fourth-order valence-corrected chi connectivity index (χ4v) is 4.62. The molecule has 0 saturated heterocycles. The van der Waals surface area contributed by atoms with Crippen molar-refractivity contribution < 1.29 is 18.4 Å². The van der Waals surface area contributed by atoms with Crippen molar-refractivity contribution in [2.75, 3.05) is 24.8 Å². The minimum atomic E-state index is -4.39. The molecule has 1 aromatic heterocycles. The molecule has 12 heteroatoms. The van der Waals surface area contributed by atoms with Gasteiger partial charge in [0.15, 0.2) is 5.75 Å². The number of hydroxylamine groups is 1. The van der Waals surface area contributed by atoms with Crippen LogP contribution in [-0.4, -0.2) is 37.2 Å². The Labute approximate surface area is 189 Å². The van der Waals surface area contributed by atoms with Gasteiger partial charge in [-0.2, -0.15) is 0 Å². The van der Waals surface area contributed by atoms with Gasteiger partial charge in [-0.1, -0.05) is 29.1 Å². The molecule has 32 heavy (non-hydrogen) atoms. The van der Waals surface area contributed by atoms with E-state index < -0.39 is 25.8 Å². The SMILES string of the molecule is CCC(Nc1c(Nc2ccc(Cl)c(S(=O)(=O)N(C)O)c2OC)c(=O)c1=O)c1cccnc1. The van der Waals surface area contributed by atoms with Crippen molar-refractivity contribution in [1.82, 2.24) is 9.45 Å². The monoisotopic (exact) mass is 480 g/mol. The van der Waals surface area contributed by atoms with Crippen molar-refractivity contribution in [2.45, 2.75) is 24.3 Å². The minimum Gasteiger partial charge on any atom is -0.493 e. The van der Waals surface area contributed by atoms with E-state index >= 15 is 0 Å². The molecule has 1 atom stereocenters. The predicted octanol–water partition coefficient (Wildman–Crippen LogP) is 2.66. The molecule has 0 radical (unpaired) electrons. The number of anilines is 3. The average molecular weight is 481 g/mol. The molecule has 0 aliphatic heterocycles. The summed E-state index contributed by atoms with van der Waals surface area (Å²) in [5.74, 6) is -0.225. The Morgan fingerprint density at radius 2 is 1.91 bits per heavy atom. The molecule has 1 heterocycles. The normalized spacial score (nSPS) is 12.7. The van der Waals surface area contributed by atoms with Gasteiger partial charge in [-0.3, -0.25) is 19.8 Å². The molecule has 1 unspecified atom stereocenters. The maximum Gasteiger partial charge on any atom is 0.269 e. The molecule has 3 rings (SSSR count). The van der Waals surface area contributed by atoms with E-state index in [1.54, 1.807) is 18.5 Å². The molecule has 2 aromatic carbocycles. The molecule has 0 fully saturated rings. The minimum absolute atomic E-state index is 0.00450. The van der Waals surface area contributed by atoms with Gasteiger partial charge in [0.2, 0.25) is 0 Å². The number of halogens is 1. The van der Waals surface area contributed by atoms with Crippen molar-refractivity contribution in [2.24, 2.45) is 0 Å². The second-order valence-electron chi connectivity index (χ2n) is 6.82. The van der Waals surface area contributed by atoms with E-state index in [0.717, 1.165) is 12.6 Å². The van der Waals surface area contributed by atoms with Crippen LogP contribution < -0.4 is 26.2 Å². The molecule has 3 aromatic rings. The Morgan fingerprint density at radius 1 is 1.22 bits per heavy atom. The first-order valence-corrected chi connectivity index (χ1v) is 11.3. The van der Waals surface area contributed by atoms with Crippen molar-refractivity contribution in [3.05, 3.63) is 67.7 Å². The number of pyridine rings is 1. The van der Waals surface area contributed by atoms with Crippen LogP contribution in [0, 0.1) is 0 Å². The van der Waals surface area contributed by atoms with Gasteiger partial charge in [0.1, 0.15) is 16.3 Å². The van der Waals surface area contributed by atoms with E-state index in [-0.39, 0.29) is 38.3 Å². The summed E-state index contributed by atoms with van der Waals surface area (Å²) >= 11 is 6.05. The van der Waals surface area contributed by atoms with Crippen LogP contribution in [0.5, 0.6) is 5.75 Å². The second-order valence-corrected chi connectivity index (χ2v) is 9.12. The number of hydrogen-bond acceptors (Lipinski definition) is 9. The molecule has 0 aliphatic carbocycles. The number of nitrogens with zero attached hydrogens (tertiary/aromatic N) is 2. The Morgan fingerprint density at radius 3 is 2.47 bits per heavy atom. The van der Waals surface area contributed by atoms with E-state index in [9.17, 15) is 23.2 Å². The van der Waals surface area contributed by atoms with Gasteiger partial charge in [0, 0.05) is 19.4 Å². The lowest BCUT2D eigenvalue weighted by molar-refractivity contribution is 0.0308. The number of rotatable bonds is 9. The van der Waals surface area contributed by atoms with Crippen LogP contribution >= 0.6 is 11.6 Å². The van der Waals surface area contributed by atoms with Crippen LogP contribution in [0.15, 0.2) is 51.1 Å². The van der Waals surface area contributed by atoms with E-state index in [1.807, 2.05) is 13.0 Å². The van der Waals surface area contributed by atoms with Crippen molar-refractivity contribution in [3.63, 3.8) is 0 Å². The molecular weight excluding hydrogens is 460 g/mol. The van der Waals surface area contributed by atoms with Gasteiger partial charge < -0.3 is 15.4 Å². The molecule has 0 bridgehead atoms. The van der Waals surface area contributed by atoms with Crippen LogP contribution in [0.3, 0.4) is 0 Å². The summed E-state index contributed by atoms with van der Waals surface area (Å²) < 4.78 is 30.2. The van der Waals surface area contributed by atoms with Gasteiger partial charge in [-0.05, 0) is 30.2 Å². The Hall–Kier alpha value is -2.99. The highest BCUT2D eigenvalue weighted by Gasteiger charge is 2.31. The fraction of sp³-hybridized carbons (Fsp3) is 0.250. The van der Waals surface area contributed by atoms with Crippen LogP contribution in [-0.2, 0) is 10.0 Å². The number of nitrogens with one attached hydrogen (secondary N) is 2. The van der Waals surface area contributed by atoms with E-state index in [0.29, 0.717) is 6.42 Å². The maximum atomic E-state index is 12.5. The summed E-state index contributed by atoms with van der Waals surface area (Å²) in [5, 5.41) is 15.2. The summed E-state index contributed by atoms with van der Waals surface area (Å²) in [6.45, 7) is 1.91. The first-order valence-electron chi connectivity index (χ1n) is 9.44. The van der Waals surface area contributed by atoms with Crippen LogP contribution in [0.25, 0.3) is 0 Å². The Kier molecular flexibility index (Phi) is 6.84. The Balaban J connectivity index is 2.02. The molecule has 0 amide bonds. The summed E-state index contributed by atoms with van der Waals surface area (Å²) in [6.07, 6.45) is 3.90. The summed E-state index contributed by atoms with van der Waals surface area (Å²) in [6, 6.07) is 6.00. The maximum absolute atomic E-state index is 12.5. The third kappa shape index (κ3) is 4.19. The molecule has 3 N–H and O–H groups in total. The highest BCUT2D eigenvalue weighted by Crippen LogP contribution is 2.40. The molecule has 0 spiro atoms. The van der Waals surface area contributed by atoms with Crippen LogP contribution in [0.4, 0.5) is 17.1 Å². The van der Waals surface area contributed by atoms with Gasteiger partial charge in [-0.25, -0.2) is 8.42 Å². The molecule has 0 aliphatic rings. The van der Waals surface area contributed by atoms with Crippen LogP contribution in [0.1, 0.15) is 24.9 Å². The number of ether oxygens (including phenoxy) is 1. The van der Waals surface area contributed by atoms with E-state index in [1.165, 1.54) is 19.2 Å². The largest absolute Gasteiger partial charge is 0.493 e. The highest BCUT2D eigenvalue weighted by atomic mass is 35.5. The first kappa shape index (κ1) is 23.7. The third-order valence-electron chi connectivity index (χ3n) is 4.86.